The average Bonchev–Trinajstić information content (AvgIpc) is 3.00. The van der Waals surface area contributed by atoms with E-state index in [1.54, 1.807) is 9.13 Å². The van der Waals surface area contributed by atoms with Crippen molar-refractivity contribution in [3.05, 3.63) is 52.6 Å². The minimum atomic E-state index is -0.0423. The largest absolute Gasteiger partial charge is 0.493 e. The van der Waals surface area contributed by atoms with Crippen LogP contribution >= 0.6 is 0 Å². The number of imidazole rings is 1. The van der Waals surface area contributed by atoms with Crippen LogP contribution in [-0.2, 0) is 19.5 Å². The van der Waals surface area contributed by atoms with Gasteiger partial charge in [0.25, 0.3) is 0 Å². The van der Waals surface area contributed by atoms with E-state index in [-0.39, 0.29) is 11.6 Å². The Hall–Kier alpha value is -2.76. The van der Waals surface area contributed by atoms with Gasteiger partial charge in [0.2, 0.25) is 5.88 Å². The molecule has 0 amide bonds. The zero-order chi connectivity index (χ0) is 20.2. The lowest BCUT2D eigenvalue weighted by atomic mass is 10.1. The smallest absolute Gasteiger partial charge is 0.331 e. The number of fused-ring (bicyclic) bond motifs is 2. The van der Waals surface area contributed by atoms with Crippen molar-refractivity contribution in [3.8, 4) is 5.88 Å². The highest BCUT2D eigenvalue weighted by atomic mass is 16.3. The van der Waals surface area contributed by atoms with Crippen LogP contribution in [-0.4, -0.2) is 32.8 Å². The summed E-state index contributed by atoms with van der Waals surface area (Å²) in [4.78, 5) is 19.4. The van der Waals surface area contributed by atoms with Crippen LogP contribution < -0.4 is 10.6 Å². The lowest BCUT2D eigenvalue weighted by molar-refractivity contribution is 0.399. The predicted molar refractivity (Wildman–Crippen MR) is 117 cm³/mol. The molecule has 4 rings (SSSR count). The molecule has 6 heteroatoms. The van der Waals surface area contributed by atoms with Crippen LogP contribution in [0.3, 0.4) is 0 Å². The van der Waals surface area contributed by atoms with E-state index in [2.05, 4.69) is 30.1 Å². The second-order valence-corrected chi connectivity index (χ2v) is 8.01. The number of aromatic nitrogens is 3. The SMILES string of the molecule is CN(CCCCCCn1c(O)c2n(c1=O)CCCC2)c1ccc2ccccc2n1. The van der Waals surface area contributed by atoms with Gasteiger partial charge >= 0.3 is 5.69 Å². The summed E-state index contributed by atoms with van der Waals surface area (Å²) in [6.45, 7) is 2.30. The summed E-state index contributed by atoms with van der Waals surface area (Å²) in [5, 5.41) is 11.5. The molecule has 0 spiro atoms. The van der Waals surface area contributed by atoms with Crippen LogP contribution in [0.1, 0.15) is 44.2 Å². The van der Waals surface area contributed by atoms with Crippen molar-refractivity contribution in [2.45, 2.75) is 58.0 Å². The fraction of sp³-hybridized carbons (Fsp3) is 0.478. The number of aromatic hydroxyl groups is 1. The number of rotatable bonds is 8. The molecule has 0 saturated carbocycles. The lowest BCUT2D eigenvalue weighted by Crippen LogP contribution is -2.26. The molecule has 0 radical (unpaired) electrons. The Morgan fingerprint density at radius 1 is 1.07 bits per heavy atom. The summed E-state index contributed by atoms with van der Waals surface area (Å²) in [7, 11) is 2.08. The summed E-state index contributed by atoms with van der Waals surface area (Å²) in [5.74, 6) is 1.19. The Morgan fingerprint density at radius 3 is 2.76 bits per heavy atom. The monoisotopic (exact) mass is 394 g/mol. The van der Waals surface area contributed by atoms with Crippen LogP contribution in [0.4, 0.5) is 5.82 Å². The number of hydrogen-bond acceptors (Lipinski definition) is 4. The normalized spacial score (nSPS) is 13.6. The Balaban J connectivity index is 1.23. The molecular weight excluding hydrogens is 364 g/mol. The first-order valence-electron chi connectivity index (χ1n) is 10.7. The molecule has 6 nitrogen and oxygen atoms in total. The maximum Gasteiger partial charge on any atom is 0.331 e. The van der Waals surface area contributed by atoms with Gasteiger partial charge in [-0.25, -0.2) is 9.78 Å². The van der Waals surface area contributed by atoms with Gasteiger partial charge in [-0.3, -0.25) is 9.13 Å². The summed E-state index contributed by atoms with van der Waals surface area (Å²) < 4.78 is 3.32. The van der Waals surface area contributed by atoms with Crippen molar-refractivity contribution in [2.75, 3.05) is 18.5 Å². The molecule has 3 aromatic rings. The fourth-order valence-electron chi connectivity index (χ4n) is 4.22. The highest BCUT2D eigenvalue weighted by molar-refractivity contribution is 5.80. The van der Waals surface area contributed by atoms with Gasteiger partial charge in [-0.2, -0.15) is 0 Å². The van der Waals surface area contributed by atoms with E-state index in [1.165, 1.54) is 0 Å². The van der Waals surface area contributed by atoms with Crippen LogP contribution in [0.5, 0.6) is 5.88 Å². The number of benzene rings is 1. The van der Waals surface area contributed by atoms with Crippen molar-refractivity contribution >= 4 is 16.7 Å². The van der Waals surface area contributed by atoms with Gasteiger partial charge in [-0.15, -0.1) is 0 Å². The first kappa shape index (κ1) is 19.6. The Bertz CT molecular complexity index is 1040. The number of para-hydroxylation sites is 1. The molecule has 3 heterocycles. The quantitative estimate of drug-likeness (QED) is 0.588. The summed E-state index contributed by atoms with van der Waals surface area (Å²) in [5.41, 5.74) is 1.81. The molecule has 29 heavy (non-hydrogen) atoms. The highest BCUT2D eigenvalue weighted by Crippen LogP contribution is 2.23. The summed E-state index contributed by atoms with van der Waals surface area (Å²) in [6, 6.07) is 12.4. The molecule has 1 aliphatic rings. The van der Waals surface area contributed by atoms with Crippen molar-refractivity contribution in [3.63, 3.8) is 0 Å². The number of pyridine rings is 1. The van der Waals surface area contributed by atoms with E-state index >= 15 is 0 Å². The summed E-state index contributed by atoms with van der Waals surface area (Å²) in [6.07, 6.45) is 7.02. The second-order valence-electron chi connectivity index (χ2n) is 8.01. The Kier molecular flexibility index (Phi) is 5.88. The van der Waals surface area contributed by atoms with Gasteiger partial charge in [-0.1, -0.05) is 31.0 Å². The third-order valence-corrected chi connectivity index (χ3v) is 5.95. The molecule has 1 aromatic carbocycles. The van der Waals surface area contributed by atoms with Crippen LogP contribution in [0.2, 0.25) is 0 Å². The number of unbranched alkanes of at least 4 members (excludes halogenated alkanes) is 3. The average molecular weight is 395 g/mol. The summed E-state index contributed by atoms with van der Waals surface area (Å²) >= 11 is 0. The first-order chi connectivity index (χ1) is 14.1. The van der Waals surface area contributed by atoms with Crippen molar-refractivity contribution < 1.29 is 5.11 Å². The van der Waals surface area contributed by atoms with Crippen LogP contribution in [0, 0.1) is 0 Å². The van der Waals surface area contributed by atoms with Crippen molar-refractivity contribution in [1.82, 2.24) is 14.1 Å². The topological polar surface area (TPSA) is 63.3 Å². The molecule has 1 N–H and O–H groups in total. The maximum absolute atomic E-state index is 12.4. The first-order valence-corrected chi connectivity index (χ1v) is 10.7. The molecule has 0 saturated heterocycles. The molecule has 0 unspecified atom stereocenters. The number of nitrogens with zero attached hydrogens (tertiary/aromatic N) is 4. The molecule has 1 aliphatic heterocycles. The molecule has 2 aromatic heterocycles. The van der Waals surface area contributed by atoms with Gasteiger partial charge in [0.05, 0.1) is 11.2 Å². The third-order valence-electron chi connectivity index (χ3n) is 5.95. The van der Waals surface area contributed by atoms with Crippen molar-refractivity contribution in [2.24, 2.45) is 0 Å². The molecule has 0 atom stereocenters. The maximum atomic E-state index is 12.4. The number of hydrogen-bond donors (Lipinski definition) is 1. The standard InChI is InChI=1S/C23H30N4O2/c1-25(21-14-13-18-10-4-5-11-19(18)24-21)15-7-2-3-8-17-27-22(28)20-12-6-9-16-26(20)23(27)29/h4-5,10-11,13-14,28H,2-3,6-9,12,15-17H2,1H3. The van der Waals surface area contributed by atoms with Gasteiger partial charge in [0, 0.05) is 32.1 Å². The van der Waals surface area contributed by atoms with E-state index in [0.717, 1.165) is 80.4 Å². The van der Waals surface area contributed by atoms with Gasteiger partial charge in [0.15, 0.2) is 0 Å². The zero-order valence-corrected chi connectivity index (χ0v) is 17.2. The van der Waals surface area contributed by atoms with E-state index in [1.807, 2.05) is 18.2 Å². The highest BCUT2D eigenvalue weighted by Gasteiger charge is 2.21. The minimum absolute atomic E-state index is 0.0423. The molecular formula is C23H30N4O2. The zero-order valence-electron chi connectivity index (χ0n) is 17.2. The van der Waals surface area contributed by atoms with E-state index in [9.17, 15) is 9.90 Å². The fourth-order valence-corrected chi connectivity index (χ4v) is 4.22. The van der Waals surface area contributed by atoms with Gasteiger partial charge < -0.3 is 10.0 Å². The Labute approximate surface area is 171 Å². The van der Waals surface area contributed by atoms with E-state index in [0.29, 0.717) is 6.54 Å². The molecule has 154 valence electrons. The lowest BCUT2D eigenvalue weighted by Gasteiger charge is -2.18. The van der Waals surface area contributed by atoms with Crippen molar-refractivity contribution in [1.29, 1.82) is 0 Å². The van der Waals surface area contributed by atoms with Crippen LogP contribution in [0.25, 0.3) is 10.9 Å². The van der Waals surface area contributed by atoms with E-state index in [4.69, 9.17) is 4.98 Å². The van der Waals surface area contributed by atoms with Crippen LogP contribution in [0.15, 0.2) is 41.2 Å². The molecule has 0 fully saturated rings. The second kappa shape index (κ2) is 8.72. The third kappa shape index (κ3) is 4.16. The molecule has 0 aliphatic carbocycles. The van der Waals surface area contributed by atoms with E-state index < -0.39 is 0 Å². The Morgan fingerprint density at radius 2 is 1.90 bits per heavy atom. The van der Waals surface area contributed by atoms with Gasteiger partial charge in [0.1, 0.15) is 5.82 Å². The molecule has 0 bridgehead atoms. The predicted octanol–water partition coefficient (Wildman–Crippen LogP) is 3.94. The minimum Gasteiger partial charge on any atom is -0.493 e. The number of anilines is 1. The van der Waals surface area contributed by atoms with Gasteiger partial charge in [-0.05, 0) is 50.3 Å².